The van der Waals surface area contributed by atoms with E-state index >= 15 is 0 Å². The highest BCUT2D eigenvalue weighted by Crippen LogP contribution is 2.23. The molecule has 0 fully saturated rings. The highest BCUT2D eigenvalue weighted by Gasteiger charge is 2.16. The molecule has 1 heterocycles. The van der Waals surface area contributed by atoms with Crippen LogP contribution < -0.4 is 5.32 Å². The summed E-state index contributed by atoms with van der Waals surface area (Å²) in [6.07, 6.45) is 3.33. The van der Waals surface area contributed by atoms with E-state index in [1.807, 2.05) is 0 Å². The predicted octanol–water partition coefficient (Wildman–Crippen LogP) is 3.85. The minimum atomic E-state index is -0.925. The van der Waals surface area contributed by atoms with E-state index in [4.69, 9.17) is 32.4 Å². The Labute approximate surface area is 149 Å². The molecule has 0 saturated carbocycles. The van der Waals surface area contributed by atoms with Crippen molar-refractivity contribution in [3.63, 3.8) is 0 Å². The van der Waals surface area contributed by atoms with Gasteiger partial charge in [-0.05, 0) is 42.8 Å². The highest BCUT2D eigenvalue weighted by atomic mass is 35.5. The summed E-state index contributed by atoms with van der Waals surface area (Å²) in [4.78, 5) is 23.6. The van der Waals surface area contributed by atoms with Crippen LogP contribution in [0.1, 0.15) is 18.2 Å². The number of esters is 1. The van der Waals surface area contributed by atoms with E-state index in [0.717, 1.165) is 0 Å². The third-order valence-electron chi connectivity index (χ3n) is 3.03. The van der Waals surface area contributed by atoms with Crippen LogP contribution in [0.15, 0.2) is 47.1 Å². The van der Waals surface area contributed by atoms with Crippen molar-refractivity contribution in [1.29, 1.82) is 0 Å². The molecule has 126 valence electrons. The molecular weight excluding hydrogens is 353 g/mol. The first-order valence-corrected chi connectivity index (χ1v) is 7.85. The van der Waals surface area contributed by atoms with Gasteiger partial charge in [-0.25, -0.2) is 4.79 Å². The Morgan fingerprint density at radius 3 is 2.75 bits per heavy atom. The maximum atomic E-state index is 11.8. The van der Waals surface area contributed by atoms with Crippen molar-refractivity contribution >= 4 is 41.2 Å². The Balaban J connectivity index is 1.82. The summed E-state index contributed by atoms with van der Waals surface area (Å²) in [5, 5.41) is 3.43. The number of carbonyl (C=O) groups is 2. The number of hydrogen-bond acceptors (Lipinski definition) is 4. The number of rotatable bonds is 6. The first-order valence-electron chi connectivity index (χ1n) is 7.09. The smallest absolute Gasteiger partial charge is 0.331 e. The molecule has 0 bridgehead atoms. The average molecular weight is 368 g/mol. The fraction of sp³-hybridized carbons (Fsp3) is 0.176. The number of furan rings is 1. The van der Waals surface area contributed by atoms with Gasteiger partial charge in [-0.1, -0.05) is 29.3 Å². The Hall–Kier alpha value is -2.24. The molecule has 0 aliphatic carbocycles. The lowest BCUT2D eigenvalue weighted by atomic mass is 10.2. The van der Waals surface area contributed by atoms with Gasteiger partial charge in [0.15, 0.2) is 6.10 Å². The van der Waals surface area contributed by atoms with E-state index in [-0.39, 0.29) is 6.54 Å². The Morgan fingerprint density at radius 1 is 1.29 bits per heavy atom. The van der Waals surface area contributed by atoms with Crippen LogP contribution in [0.2, 0.25) is 10.0 Å². The molecule has 0 spiro atoms. The first-order chi connectivity index (χ1) is 11.5. The number of carbonyl (C=O) groups excluding carboxylic acids is 2. The molecule has 1 aromatic heterocycles. The molecule has 0 unspecified atom stereocenters. The lowest BCUT2D eigenvalue weighted by molar-refractivity contribution is -0.150. The summed E-state index contributed by atoms with van der Waals surface area (Å²) in [5.41, 5.74) is 0.691. The maximum Gasteiger partial charge on any atom is 0.331 e. The number of halogens is 2. The van der Waals surface area contributed by atoms with Gasteiger partial charge in [-0.15, -0.1) is 0 Å². The zero-order valence-electron chi connectivity index (χ0n) is 12.8. The summed E-state index contributed by atoms with van der Waals surface area (Å²) in [5.74, 6) is -0.439. The summed E-state index contributed by atoms with van der Waals surface area (Å²) < 4.78 is 10.1. The zero-order valence-corrected chi connectivity index (χ0v) is 14.3. The summed E-state index contributed by atoms with van der Waals surface area (Å²) in [6, 6.07) is 8.40. The molecule has 0 aliphatic heterocycles. The van der Waals surface area contributed by atoms with Gasteiger partial charge in [0.1, 0.15) is 5.76 Å². The molecule has 5 nitrogen and oxygen atoms in total. The minimum Gasteiger partial charge on any atom is -0.467 e. The molecule has 0 saturated heterocycles. The predicted molar refractivity (Wildman–Crippen MR) is 91.6 cm³/mol. The van der Waals surface area contributed by atoms with Crippen molar-refractivity contribution in [3.05, 3.63) is 64.0 Å². The number of amides is 1. The number of nitrogens with one attached hydrogen (secondary N) is 1. The van der Waals surface area contributed by atoms with Gasteiger partial charge in [0.05, 0.1) is 22.9 Å². The Bertz CT molecular complexity index is 741. The quantitative estimate of drug-likeness (QED) is 0.621. The number of ether oxygens (including phenoxy) is 1. The van der Waals surface area contributed by atoms with Gasteiger partial charge in [0.25, 0.3) is 5.91 Å². The molecule has 7 heteroatoms. The largest absolute Gasteiger partial charge is 0.467 e. The van der Waals surface area contributed by atoms with E-state index in [2.05, 4.69) is 5.32 Å². The average Bonchev–Trinajstić information content (AvgIpc) is 3.07. The van der Waals surface area contributed by atoms with Crippen LogP contribution in [-0.4, -0.2) is 18.0 Å². The lowest BCUT2D eigenvalue weighted by Crippen LogP contribution is -2.35. The fourth-order valence-corrected chi connectivity index (χ4v) is 2.09. The standard InChI is InChI=1S/C17H15Cl2NO4/c1-11(17(22)20-10-13-3-2-8-23-13)24-16(21)7-5-12-4-6-14(18)15(19)9-12/h2-9,11H,10H2,1H3,(H,20,22)/b7-5+/t11-/m0/s1. The van der Waals surface area contributed by atoms with Crippen LogP contribution in [0.5, 0.6) is 0 Å². The molecule has 2 aromatic rings. The van der Waals surface area contributed by atoms with Crippen LogP contribution in [0.3, 0.4) is 0 Å². The second-order valence-electron chi connectivity index (χ2n) is 4.88. The zero-order chi connectivity index (χ0) is 17.5. The van der Waals surface area contributed by atoms with Gasteiger partial charge in [0, 0.05) is 6.08 Å². The topological polar surface area (TPSA) is 68.5 Å². The van der Waals surface area contributed by atoms with Crippen LogP contribution in [-0.2, 0) is 20.9 Å². The Morgan fingerprint density at radius 2 is 2.08 bits per heavy atom. The van der Waals surface area contributed by atoms with Crippen molar-refractivity contribution in [3.8, 4) is 0 Å². The summed E-state index contributed by atoms with van der Waals surface area (Å²) >= 11 is 11.7. The summed E-state index contributed by atoms with van der Waals surface area (Å²) in [6.45, 7) is 1.72. The van der Waals surface area contributed by atoms with Gasteiger partial charge >= 0.3 is 5.97 Å². The van der Waals surface area contributed by atoms with Crippen LogP contribution in [0, 0.1) is 0 Å². The van der Waals surface area contributed by atoms with E-state index in [0.29, 0.717) is 21.4 Å². The van der Waals surface area contributed by atoms with Crippen LogP contribution in [0.4, 0.5) is 0 Å². The van der Waals surface area contributed by atoms with Gasteiger partial charge < -0.3 is 14.5 Å². The third-order valence-corrected chi connectivity index (χ3v) is 3.77. The van der Waals surface area contributed by atoms with Crippen LogP contribution >= 0.6 is 23.2 Å². The third kappa shape index (κ3) is 5.44. The van der Waals surface area contributed by atoms with E-state index in [9.17, 15) is 9.59 Å². The normalized spacial score (nSPS) is 12.1. The molecular formula is C17H15Cl2NO4. The molecule has 1 aromatic carbocycles. The van der Waals surface area contributed by atoms with Crippen molar-refractivity contribution in [1.82, 2.24) is 5.32 Å². The molecule has 2 rings (SSSR count). The van der Waals surface area contributed by atoms with E-state index < -0.39 is 18.0 Å². The van der Waals surface area contributed by atoms with Crippen molar-refractivity contribution in [2.45, 2.75) is 19.6 Å². The fourth-order valence-electron chi connectivity index (χ4n) is 1.78. The molecule has 1 atom stereocenters. The van der Waals surface area contributed by atoms with E-state index in [1.54, 1.807) is 30.3 Å². The van der Waals surface area contributed by atoms with E-state index in [1.165, 1.54) is 25.3 Å². The second-order valence-corrected chi connectivity index (χ2v) is 5.70. The molecule has 1 amide bonds. The van der Waals surface area contributed by atoms with Crippen molar-refractivity contribution in [2.24, 2.45) is 0 Å². The molecule has 1 N–H and O–H groups in total. The van der Waals surface area contributed by atoms with Crippen molar-refractivity contribution in [2.75, 3.05) is 0 Å². The Kier molecular flexibility index (Phi) is 6.46. The van der Waals surface area contributed by atoms with Gasteiger partial charge in [-0.2, -0.15) is 0 Å². The second kappa shape index (κ2) is 8.57. The minimum absolute atomic E-state index is 0.229. The van der Waals surface area contributed by atoms with Crippen LogP contribution in [0.25, 0.3) is 6.08 Å². The van der Waals surface area contributed by atoms with Crippen molar-refractivity contribution < 1.29 is 18.7 Å². The number of hydrogen-bond donors (Lipinski definition) is 1. The van der Waals surface area contributed by atoms with Gasteiger partial charge in [0.2, 0.25) is 0 Å². The number of benzene rings is 1. The molecule has 0 aliphatic rings. The van der Waals surface area contributed by atoms with Gasteiger partial charge in [-0.3, -0.25) is 4.79 Å². The lowest BCUT2D eigenvalue weighted by Gasteiger charge is -2.11. The molecule has 0 radical (unpaired) electrons. The summed E-state index contributed by atoms with van der Waals surface area (Å²) in [7, 11) is 0. The highest BCUT2D eigenvalue weighted by molar-refractivity contribution is 6.42. The monoisotopic (exact) mass is 367 g/mol. The SMILES string of the molecule is C[C@H](OC(=O)/C=C/c1ccc(Cl)c(Cl)c1)C(=O)NCc1ccco1. The maximum absolute atomic E-state index is 11.8. The first kappa shape index (κ1) is 18.1. The molecule has 24 heavy (non-hydrogen) atoms.